The maximum atomic E-state index is 5.53. The van der Waals surface area contributed by atoms with Crippen LogP contribution in [0.15, 0.2) is 77.3 Å². The summed E-state index contributed by atoms with van der Waals surface area (Å²) in [5.41, 5.74) is 6.58. The van der Waals surface area contributed by atoms with Crippen molar-refractivity contribution in [2.45, 2.75) is 6.42 Å². The highest BCUT2D eigenvalue weighted by Gasteiger charge is 2.15. The van der Waals surface area contributed by atoms with E-state index >= 15 is 0 Å². The minimum absolute atomic E-state index is 0.816. The van der Waals surface area contributed by atoms with Gasteiger partial charge in [-0.1, -0.05) is 65.8 Å². The molecule has 0 unspecified atom stereocenters. The Balaban J connectivity index is 1.89. The minimum Gasteiger partial charge on any atom is -0.356 e. The second-order valence-corrected chi connectivity index (χ2v) is 6.08. The summed E-state index contributed by atoms with van der Waals surface area (Å²) >= 11 is 0. The molecule has 0 aliphatic rings. The van der Waals surface area contributed by atoms with E-state index < -0.39 is 0 Å². The van der Waals surface area contributed by atoms with Crippen molar-refractivity contribution in [3.63, 3.8) is 0 Å². The predicted octanol–water partition coefficient (Wildman–Crippen LogP) is 4.92. The highest BCUT2D eigenvalue weighted by Crippen LogP contribution is 2.36. The van der Waals surface area contributed by atoms with Crippen LogP contribution >= 0.6 is 0 Å². The zero-order valence-corrected chi connectivity index (χ0v) is 14.2. The molecular weight excluding hydrogens is 308 g/mol. The molecule has 0 saturated heterocycles. The van der Waals surface area contributed by atoms with Crippen LogP contribution in [0.4, 0.5) is 0 Å². The largest absolute Gasteiger partial charge is 0.356 e. The van der Waals surface area contributed by atoms with Gasteiger partial charge in [-0.05, 0) is 48.8 Å². The highest BCUT2D eigenvalue weighted by molar-refractivity contribution is 5.96. The summed E-state index contributed by atoms with van der Waals surface area (Å²) in [7, 11) is 1.98. The van der Waals surface area contributed by atoms with Crippen LogP contribution in [0.25, 0.3) is 33.4 Å². The maximum absolute atomic E-state index is 5.53. The number of benzene rings is 3. The maximum Gasteiger partial charge on any atom is 0.167 e. The first kappa shape index (κ1) is 15.6. The molecule has 0 spiro atoms. The summed E-state index contributed by atoms with van der Waals surface area (Å²) in [6.45, 7) is 0.950. The van der Waals surface area contributed by atoms with Crippen molar-refractivity contribution >= 4 is 11.0 Å². The van der Waals surface area contributed by atoms with Gasteiger partial charge in [0.05, 0.1) is 0 Å². The average molecular weight is 328 g/mol. The Bertz CT molecular complexity index is 1000. The Kier molecular flexibility index (Phi) is 4.32. The molecule has 0 bridgehead atoms. The number of aromatic nitrogens is 1. The van der Waals surface area contributed by atoms with Gasteiger partial charge in [-0.3, -0.25) is 0 Å². The monoisotopic (exact) mass is 328 g/mol. The molecule has 0 amide bonds. The van der Waals surface area contributed by atoms with Crippen LogP contribution in [0.3, 0.4) is 0 Å². The molecule has 1 aromatic heterocycles. The molecule has 4 rings (SSSR count). The molecule has 0 fully saturated rings. The summed E-state index contributed by atoms with van der Waals surface area (Å²) < 4.78 is 5.53. The Morgan fingerprint density at radius 2 is 1.48 bits per heavy atom. The Morgan fingerprint density at radius 3 is 2.32 bits per heavy atom. The van der Waals surface area contributed by atoms with Crippen molar-refractivity contribution in [3.05, 3.63) is 78.4 Å². The van der Waals surface area contributed by atoms with Crippen LogP contribution < -0.4 is 5.32 Å². The Morgan fingerprint density at radius 1 is 0.800 bits per heavy atom. The molecular formula is C22H20N2O. The van der Waals surface area contributed by atoms with Gasteiger partial charge in [0, 0.05) is 10.9 Å². The average Bonchev–Trinajstić information content (AvgIpc) is 3.10. The third kappa shape index (κ3) is 2.94. The molecule has 1 N–H and O–H groups in total. The lowest BCUT2D eigenvalue weighted by atomic mass is 9.92. The SMILES string of the molecule is CNCCc1ccccc1-c1ccccc1-c1noc2ccccc12. The number of likely N-dealkylation sites (N-methyl/N-ethyl adjacent to an activating group) is 1. The van der Waals surface area contributed by atoms with E-state index in [9.17, 15) is 0 Å². The molecule has 1 heterocycles. The van der Waals surface area contributed by atoms with Crippen LogP contribution in [-0.4, -0.2) is 18.7 Å². The van der Waals surface area contributed by atoms with Crippen molar-refractivity contribution < 1.29 is 4.52 Å². The lowest BCUT2D eigenvalue weighted by Gasteiger charge is -2.13. The van der Waals surface area contributed by atoms with Gasteiger partial charge in [-0.2, -0.15) is 0 Å². The molecule has 0 aliphatic heterocycles. The molecule has 0 aliphatic carbocycles. The second kappa shape index (κ2) is 6.91. The summed E-state index contributed by atoms with van der Waals surface area (Å²) in [5, 5.41) is 8.63. The van der Waals surface area contributed by atoms with Gasteiger partial charge >= 0.3 is 0 Å². The van der Waals surface area contributed by atoms with Gasteiger partial charge in [-0.25, -0.2) is 0 Å². The Labute approximate surface area is 147 Å². The van der Waals surface area contributed by atoms with Gasteiger partial charge < -0.3 is 9.84 Å². The van der Waals surface area contributed by atoms with Crippen molar-refractivity contribution in [1.82, 2.24) is 10.5 Å². The fourth-order valence-corrected chi connectivity index (χ4v) is 3.27. The molecule has 0 saturated carbocycles. The first-order valence-electron chi connectivity index (χ1n) is 8.55. The lowest BCUT2D eigenvalue weighted by molar-refractivity contribution is 0.459. The van der Waals surface area contributed by atoms with E-state index in [0.29, 0.717) is 0 Å². The molecule has 0 atom stereocenters. The molecule has 25 heavy (non-hydrogen) atoms. The quantitative estimate of drug-likeness (QED) is 0.565. The van der Waals surface area contributed by atoms with E-state index in [1.807, 2.05) is 25.2 Å². The summed E-state index contributed by atoms with van der Waals surface area (Å²) in [6.07, 6.45) is 0.987. The van der Waals surface area contributed by atoms with Crippen molar-refractivity contribution in [2.24, 2.45) is 0 Å². The minimum atomic E-state index is 0.816. The predicted molar refractivity (Wildman–Crippen MR) is 103 cm³/mol. The number of nitrogens with zero attached hydrogens (tertiary/aromatic N) is 1. The second-order valence-electron chi connectivity index (χ2n) is 6.08. The van der Waals surface area contributed by atoms with Crippen LogP contribution in [0.2, 0.25) is 0 Å². The lowest BCUT2D eigenvalue weighted by Crippen LogP contribution is -2.10. The third-order valence-electron chi connectivity index (χ3n) is 4.51. The molecule has 3 heteroatoms. The normalized spacial score (nSPS) is 11.1. The standard InChI is InChI=1S/C22H20N2O/c1-23-15-14-16-8-2-3-9-17(16)18-10-4-5-11-19(18)22-20-12-6-7-13-21(20)25-24-22/h2-13,23H,14-15H2,1H3. The van der Waals surface area contributed by atoms with E-state index in [1.54, 1.807) is 0 Å². The number of nitrogens with one attached hydrogen (secondary N) is 1. The number of fused-ring (bicyclic) bond motifs is 1. The van der Waals surface area contributed by atoms with E-state index in [2.05, 4.69) is 65.1 Å². The highest BCUT2D eigenvalue weighted by atomic mass is 16.5. The zero-order chi connectivity index (χ0) is 17.1. The van der Waals surface area contributed by atoms with Gasteiger partial charge in [0.25, 0.3) is 0 Å². The number of rotatable bonds is 5. The Hall–Kier alpha value is -2.91. The molecule has 3 nitrogen and oxygen atoms in total. The molecule has 0 radical (unpaired) electrons. The fourth-order valence-electron chi connectivity index (χ4n) is 3.27. The van der Waals surface area contributed by atoms with Crippen LogP contribution in [0.5, 0.6) is 0 Å². The van der Waals surface area contributed by atoms with E-state index in [1.165, 1.54) is 16.7 Å². The van der Waals surface area contributed by atoms with Crippen LogP contribution in [-0.2, 0) is 6.42 Å². The van der Waals surface area contributed by atoms with Crippen molar-refractivity contribution in [1.29, 1.82) is 0 Å². The molecule has 4 aromatic rings. The van der Waals surface area contributed by atoms with Gasteiger partial charge in [0.2, 0.25) is 0 Å². The van der Waals surface area contributed by atoms with Gasteiger partial charge in [0.15, 0.2) is 5.58 Å². The summed E-state index contributed by atoms with van der Waals surface area (Å²) in [6, 6.07) is 25.0. The number of hydrogen-bond acceptors (Lipinski definition) is 3. The van der Waals surface area contributed by atoms with Crippen molar-refractivity contribution in [3.8, 4) is 22.4 Å². The zero-order valence-electron chi connectivity index (χ0n) is 14.2. The van der Waals surface area contributed by atoms with Crippen LogP contribution in [0, 0.1) is 0 Å². The number of hydrogen-bond donors (Lipinski definition) is 1. The van der Waals surface area contributed by atoms with Crippen molar-refractivity contribution in [2.75, 3.05) is 13.6 Å². The van der Waals surface area contributed by atoms with E-state index in [4.69, 9.17) is 4.52 Å². The first-order valence-corrected chi connectivity index (χ1v) is 8.55. The topological polar surface area (TPSA) is 38.1 Å². The third-order valence-corrected chi connectivity index (χ3v) is 4.51. The van der Waals surface area contributed by atoms with Gasteiger partial charge in [-0.15, -0.1) is 0 Å². The number of para-hydroxylation sites is 1. The summed E-state index contributed by atoms with van der Waals surface area (Å²) in [4.78, 5) is 0. The smallest absolute Gasteiger partial charge is 0.167 e. The van der Waals surface area contributed by atoms with Crippen LogP contribution in [0.1, 0.15) is 5.56 Å². The summed E-state index contributed by atoms with van der Waals surface area (Å²) in [5.74, 6) is 0. The molecule has 3 aromatic carbocycles. The first-order chi connectivity index (χ1) is 12.4. The fraction of sp³-hybridized carbons (Fsp3) is 0.136. The van der Waals surface area contributed by atoms with E-state index in [0.717, 1.165) is 35.2 Å². The van der Waals surface area contributed by atoms with E-state index in [-0.39, 0.29) is 0 Å². The molecule has 124 valence electrons. The van der Waals surface area contributed by atoms with Gasteiger partial charge in [0.1, 0.15) is 5.69 Å².